The van der Waals surface area contributed by atoms with Gasteiger partial charge in [0.1, 0.15) is 11.6 Å². The van der Waals surface area contributed by atoms with Gasteiger partial charge in [0.25, 0.3) is 11.1 Å². The second kappa shape index (κ2) is 7.86. The maximum atomic E-state index is 12.9. The van der Waals surface area contributed by atoms with Gasteiger partial charge in [-0.3, -0.25) is 19.3 Å². The molecule has 134 valence electrons. The molecule has 2 atom stereocenters. The van der Waals surface area contributed by atoms with Crippen LogP contribution in [0.1, 0.15) is 25.7 Å². The first-order valence-electron chi connectivity index (χ1n) is 8.21. The topological polar surface area (TPSA) is 75.7 Å². The Morgan fingerprint density at radius 2 is 1.96 bits per heavy atom. The zero-order valence-corrected chi connectivity index (χ0v) is 14.4. The van der Waals surface area contributed by atoms with Crippen LogP contribution < -0.4 is 10.1 Å². The Balaban J connectivity index is 1.57. The first-order valence-corrected chi connectivity index (χ1v) is 9.19. The van der Waals surface area contributed by atoms with E-state index < -0.39 is 0 Å². The molecule has 0 radical (unpaired) electrons. The van der Waals surface area contributed by atoms with E-state index >= 15 is 0 Å². The van der Waals surface area contributed by atoms with E-state index in [2.05, 4.69) is 5.32 Å². The number of nitrogens with one attached hydrogen (secondary N) is 1. The molecule has 0 bridgehead atoms. The molecule has 1 aliphatic carbocycles. The largest absolute Gasteiger partial charge is 0.484 e. The summed E-state index contributed by atoms with van der Waals surface area (Å²) in [4.78, 5) is 37.4. The van der Waals surface area contributed by atoms with Crippen LogP contribution in [0.4, 0.5) is 9.18 Å². The minimum atomic E-state index is -0.375. The fourth-order valence-electron chi connectivity index (χ4n) is 3.20. The van der Waals surface area contributed by atoms with Crippen molar-refractivity contribution in [1.29, 1.82) is 0 Å². The Hall–Kier alpha value is -2.09. The number of amides is 3. The van der Waals surface area contributed by atoms with Gasteiger partial charge >= 0.3 is 0 Å². The van der Waals surface area contributed by atoms with Gasteiger partial charge in [0.15, 0.2) is 6.61 Å². The molecular weight excluding hydrogens is 347 g/mol. The first-order chi connectivity index (χ1) is 12.0. The molecule has 0 aromatic heterocycles. The van der Waals surface area contributed by atoms with Crippen LogP contribution in [-0.2, 0) is 9.59 Å². The van der Waals surface area contributed by atoms with Crippen molar-refractivity contribution in [2.75, 3.05) is 12.4 Å². The van der Waals surface area contributed by atoms with Crippen LogP contribution >= 0.6 is 11.8 Å². The summed E-state index contributed by atoms with van der Waals surface area (Å²) in [6.07, 6.45) is 3.27. The third kappa shape index (κ3) is 4.31. The Labute approximate surface area is 149 Å². The molecule has 1 saturated heterocycles. The van der Waals surface area contributed by atoms with Crippen LogP contribution in [0.3, 0.4) is 0 Å². The van der Waals surface area contributed by atoms with Crippen LogP contribution in [0.15, 0.2) is 24.3 Å². The molecular formula is C17H19FN2O4S. The van der Waals surface area contributed by atoms with Crippen molar-refractivity contribution < 1.29 is 23.5 Å². The van der Waals surface area contributed by atoms with E-state index in [-0.39, 0.29) is 47.3 Å². The number of ether oxygens (including phenoxy) is 1. The fraction of sp³-hybridized carbons (Fsp3) is 0.471. The van der Waals surface area contributed by atoms with Crippen molar-refractivity contribution in [3.8, 4) is 5.75 Å². The molecule has 2 fully saturated rings. The standard InChI is InChI=1S/C17H19FN2O4S/c18-11-5-7-12(8-6-11)24-9-15(21)19-13-3-1-2-4-14(13)20-16(22)10-25-17(20)23/h5-8,13-14H,1-4,9-10H2,(H,19,21). The van der Waals surface area contributed by atoms with Crippen molar-refractivity contribution in [3.05, 3.63) is 30.1 Å². The number of carbonyl (C=O) groups is 3. The molecule has 25 heavy (non-hydrogen) atoms. The molecule has 1 N–H and O–H groups in total. The van der Waals surface area contributed by atoms with E-state index in [9.17, 15) is 18.8 Å². The van der Waals surface area contributed by atoms with E-state index in [1.165, 1.54) is 29.2 Å². The van der Waals surface area contributed by atoms with Crippen LogP contribution in [0.5, 0.6) is 5.75 Å². The maximum Gasteiger partial charge on any atom is 0.289 e. The van der Waals surface area contributed by atoms with Gasteiger partial charge in [0.05, 0.1) is 11.8 Å². The number of thioether (sulfide) groups is 1. The van der Waals surface area contributed by atoms with Crippen LogP contribution in [-0.4, -0.2) is 46.4 Å². The molecule has 3 amide bonds. The highest BCUT2D eigenvalue weighted by Gasteiger charge is 2.41. The number of hydrogen-bond acceptors (Lipinski definition) is 5. The quantitative estimate of drug-likeness (QED) is 0.866. The molecule has 3 rings (SSSR count). The Morgan fingerprint density at radius 1 is 1.24 bits per heavy atom. The van der Waals surface area contributed by atoms with Crippen molar-refractivity contribution in [2.45, 2.75) is 37.8 Å². The number of hydrogen-bond donors (Lipinski definition) is 1. The lowest BCUT2D eigenvalue weighted by molar-refractivity contribution is -0.129. The number of imide groups is 1. The van der Waals surface area contributed by atoms with Crippen molar-refractivity contribution in [2.24, 2.45) is 0 Å². The molecule has 1 aliphatic heterocycles. The zero-order valence-electron chi connectivity index (χ0n) is 13.6. The summed E-state index contributed by atoms with van der Waals surface area (Å²) in [7, 11) is 0. The highest BCUT2D eigenvalue weighted by Crippen LogP contribution is 2.30. The molecule has 1 saturated carbocycles. The van der Waals surface area contributed by atoms with E-state index in [1.54, 1.807) is 0 Å². The summed E-state index contributed by atoms with van der Waals surface area (Å²) in [5.74, 6) is -0.321. The lowest BCUT2D eigenvalue weighted by atomic mass is 9.89. The minimum Gasteiger partial charge on any atom is -0.484 e. The lowest BCUT2D eigenvalue weighted by Gasteiger charge is -2.36. The molecule has 0 spiro atoms. The Bertz CT molecular complexity index is 651. The summed E-state index contributed by atoms with van der Waals surface area (Å²) < 4.78 is 18.2. The summed E-state index contributed by atoms with van der Waals surface area (Å²) in [5.41, 5.74) is 0. The smallest absolute Gasteiger partial charge is 0.289 e. The summed E-state index contributed by atoms with van der Waals surface area (Å²) in [5, 5.41) is 2.64. The highest BCUT2D eigenvalue weighted by atomic mass is 32.2. The van der Waals surface area contributed by atoms with Crippen LogP contribution in [0.2, 0.25) is 0 Å². The number of halogens is 1. The van der Waals surface area contributed by atoms with Crippen molar-refractivity contribution in [3.63, 3.8) is 0 Å². The van der Waals surface area contributed by atoms with E-state index in [4.69, 9.17) is 4.74 Å². The van der Waals surface area contributed by atoms with Crippen molar-refractivity contribution >= 4 is 28.8 Å². The van der Waals surface area contributed by atoms with E-state index in [1.807, 2.05) is 0 Å². The third-order valence-electron chi connectivity index (χ3n) is 4.38. The SMILES string of the molecule is O=C(COc1ccc(F)cc1)NC1CCCCC1N1C(=O)CSC1=O. The maximum absolute atomic E-state index is 12.9. The second-order valence-electron chi connectivity index (χ2n) is 6.09. The Kier molecular flexibility index (Phi) is 5.57. The second-order valence-corrected chi connectivity index (χ2v) is 7.01. The van der Waals surface area contributed by atoms with E-state index in [0.29, 0.717) is 18.6 Å². The molecule has 1 heterocycles. The summed E-state index contributed by atoms with van der Waals surface area (Å²) in [6, 6.07) is 4.86. The predicted octanol–water partition coefficient (Wildman–Crippen LogP) is 2.33. The molecule has 1 aromatic rings. The normalized spacial score (nSPS) is 23.6. The monoisotopic (exact) mass is 366 g/mol. The van der Waals surface area contributed by atoms with Crippen LogP contribution in [0, 0.1) is 5.82 Å². The molecule has 8 heteroatoms. The van der Waals surface area contributed by atoms with Gasteiger partial charge in [-0.25, -0.2) is 4.39 Å². The summed E-state index contributed by atoms with van der Waals surface area (Å²) in [6.45, 7) is -0.203. The molecule has 2 aliphatic rings. The van der Waals surface area contributed by atoms with Gasteiger partial charge in [0.2, 0.25) is 5.91 Å². The predicted molar refractivity (Wildman–Crippen MR) is 90.8 cm³/mol. The average Bonchev–Trinajstić information content (AvgIpc) is 2.94. The van der Waals surface area contributed by atoms with E-state index in [0.717, 1.165) is 24.6 Å². The third-order valence-corrected chi connectivity index (χ3v) is 5.21. The molecule has 2 unspecified atom stereocenters. The van der Waals surface area contributed by atoms with Gasteiger partial charge in [-0.15, -0.1) is 0 Å². The molecule has 1 aromatic carbocycles. The number of carbonyl (C=O) groups excluding carboxylic acids is 3. The zero-order chi connectivity index (χ0) is 17.8. The number of benzene rings is 1. The highest BCUT2D eigenvalue weighted by molar-refractivity contribution is 8.14. The van der Waals surface area contributed by atoms with Gasteiger partial charge in [-0.2, -0.15) is 0 Å². The Morgan fingerprint density at radius 3 is 2.64 bits per heavy atom. The minimum absolute atomic E-state index is 0.170. The first kappa shape index (κ1) is 17.7. The van der Waals surface area contributed by atoms with Crippen molar-refractivity contribution in [1.82, 2.24) is 10.2 Å². The average molecular weight is 366 g/mol. The van der Waals surface area contributed by atoms with Gasteiger partial charge in [-0.1, -0.05) is 24.6 Å². The lowest BCUT2D eigenvalue weighted by Crippen LogP contribution is -2.55. The molecule has 6 nitrogen and oxygen atoms in total. The number of nitrogens with zero attached hydrogens (tertiary/aromatic N) is 1. The fourth-order valence-corrected chi connectivity index (χ4v) is 3.96. The summed E-state index contributed by atoms with van der Waals surface area (Å²) >= 11 is 1.01. The van der Waals surface area contributed by atoms with Gasteiger partial charge < -0.3 is 10.1 Å². The number of rotatable bonds is 5. The van der Waals surface area contributed by atoms with Crippen LogP contribution in [0.25, 0.3) is 0 Å². The van der Waals surface area contributed by atoms with Gasteiger partial charge in [0, 0.05) is 6.04 Å². The van der Waals surface area contributed by atoms with Gasteiger partial charge in [-0.05, 0) is 37.1 Å².